The Labute approximate surface area is 84.8 Å². The Hall–Kier alpha value is -0.830. The smallest absolute Gasteiger partial charge is 0.308 e. The van der Waals surface area contributed by atoms with Gasteiger partial charge in [0.25, 0.3) is 0 Å². The lowest BCUT2D eigenvalue weighted by Gasteiger charge is -2.29. The van der Waals surface area contributed by atoms with Crippen molar-refractivity contribution in [1.82, 2.24) is 0 Å². The maximum Gasteiger partial charge on any atom is 0.308 e. The summed E-state index contributed by atoms with van der Waals surface area (Å²) in [5.41, 5.74) is 0.421. The van der Waals surface area contributed by atoms with Gasteiger partial charge in [0.15, 0.2) is 0 Å². The van der Waals surface area contributed by atoms with Crippen LogP contribution in [0.2, 0.25) is 0 Å². The van der Waals surface area contributed by atoms with Gasteiger partial charge in [-0.2, -0.15) is 0 Å². The summed E-state index contributed by atoms with van der Waals surface area (Å²) in [4.78, 5) is 11.2. The molecule has 0 aromatic heterocycles. The third-order valence-corrected chi connectivity index (χ3v) is 2.59. The van der Waals surface area contributed by atoms with Crippen molar-refractivity contribution < 1.29 is 14.6 Å². The lowest BCUT2D eigenvalue weighted by Crippen LogP contribution is -2.33. The van der Waals surface area contributed by atoms with E-state index in [0.717, 1.165) is 6.42 Å². The zero-order valence-electron chi connectivity index (χ0n) is 8.88. The molecule has 3 heteroatoms. The van der Waals surface area contributed by atoms with E-state index in [1.54, 1.807) is 6.92 Å². The highest BCUT2D eigenvalue weighted by Gasteiger charge is 2.31. The van der Waals surface area contributed by atoms with Gasteiger partial charge in [0.2, 0.25) is 0 Å². The Morgan fingerprint density at radius 3 is 2.93 bits per heavy atom. The molecule has 14 heavy (non-hydrogen) atoms. The molecule has 0 aliphatic heterocycles. The van der Waals surface area contributed by atoms with Gasteiger partial charge in [-0.05, 0) is 33.1 Å². The second-order valence-electron chi connectivity index (χ2n) is 3.96. The fourth-order valence-electron chi connectivity index (χ4n) is 1.64. The topological polar surface area (TPSA) is 46.5 Å². The summed E-state index contributed by atoms with van der Waals surface area (Å²) < 4.78 is 4.82. The zero-order chi connectivity index (χ0) is 10.6. The van der Waals surface area contributed by atoms with E-state index in [1.165, 1.54) is 5.57 Å². The molecule has 0 spiro atoms. The van der Waals surface area contributed by atoms with Crippen molar-refractivity contribution in [2.75, 3.05) is 6.61 Å². The van der Waals surface area contributed by atoms with Gasteiger partial charge in [-0.1, -0.05) is 11.6 Å². The quantitative estimate of drug-likeness (QED) is 0.555. The van der Waals surface area contributed by atoms with Crippen molar-refractivity contribution in [2.24, 2.45) is 0 Å². The molecule has 0 heterocycles. The number of carbonyl (C=O) groups excluding carboxylic acids is 1. The molecule has 0 aromatic carbocycles. The molecule has 1 N–H and O–H groups in total. The van der Waals surface area contributed by atoms with Crippen LogP contribution < -0.4 is 0 Å². The first-order chi connectivity index (χ1) is 6.56. The fourth-order valence-corrected chi connectivity index (χ4v) is 1.64. The summed E-state index contributed by atoms with van der Waals surface area (Å²) in [6.45, 7) is 4.20. The molecule has 1 aliphatic rings. The Morgan fingerprint density at radius 1 is 1.71 bits per heavy atom. The number of carbonyl (C=O) groups is 1. The van der Waals surface area contributed by atoms with E-state index in [1.807, 2.05) is 13.0 Å². The van der Waals surface area contributed by atoms with Crippen LogP contribution in [-0.2, 0) is 9.53 Å². The van der Waals surface area contributed by atoms with Crippen LogP contribution in [0.25, 0.3) is 0 Å². The normalized spacial score (nSPS) is 26.9. The lowest BCUT2D eigenvalue weighted by atomic mass is 9.84. The highest BCUT2D eigenvalue weighted by atomic mass is 16.5. The second-order valence-corrected chi connectivity index (χ2v) is 3.96. The summed E-state index contributed by atoms with van der Waals surface area (Å²) in [5.74, 6) is -0.303. The maximum atomic E-state index is 11.2. The minimum atomic E-state index is -0.869. The number of rotatable bonds is 3. The van der Waals surface area contributed by atoms with Crippen molar-refractivity contribution in [1.29, 1.82) is 0 Å². The molecule has 1 atom stereocenters. The predicted octanol–water partition coefficient (Wildman–Crippen LogP) is 1.80. The van der Waals surface area contributed by atoms with Crippen LogP contribution in [0.5, 0.6) is 0 Å². The lowest BCUT2D eigenvalue weighted by molar-refractivity contribution is -0.149. The maximum absolute atomic E-state index is 11.2. The first-order valence-electron chi connectivity index (χ1n) is 5.09. The van der Waals surface area contributed by atoms with Crippen LogP contribution in [0.3, 0.4) is 0 Å². The number of esters is 1. The van der Waals surface area contributed by atoms with Crippen molar-refractivity contribution in [3.63, 3.8) is 0 Å². The van der Waals surface area contributed by atoms with E-state index in [9.17, 15) is 9.90 Å². The minimum Gasteiger partial charge on any atom is -0.466 e. The molecule has 3 nitrogen and oxygen atoms in total. The summed E-state index contributed by atoms with van der Waals surface area (Å²) in [6, 6.07) is 0. The molecular weight excluding hydrogens is 180 g/mol. The van der Waals surface area contributed by atoms with Gasteiger partial charge in [0.1, 0.15) is 0 Å². The molecule has 1 unspecified atom stereocenters. The summed E-state index contributed by atoms with van der Waals surface area (Å²) in [7, 11) is 0. The Bertz CT molecular complexity index is 245. The molecule has 1 aliphatic carbocycles. The van der Waals surface area contributed by atoms with Crippen LogP contribution in [0.1, 0.15) is 39.5 Å². The standard InChI is InChI=1S/C11H18O3/c1-3-14-10(12)8-11(13)6-4-9(2)5-7-11/h4,13H,3,5-8H2,1-2H3. The molecule has 0 saturated carbocycles. The predicted molar refractivity (Wildman–Crippen MR) is 53.8 cm³/mol. The number of ether oxygens (including phenoxy) is 1. The van der Waals surface area contributed by atoms with Crippen molar-refractivity contribution in [3.05, 3.63) is 11.6 Å². The van der Waals surface area contributed by atoms with Crippen LogP contribution in [0, 0.1) is 0 Å². The molecular formula is C11H18O3. The van der Waals surface area contributed by atoms with Crippen LogP contribution in [-0.4, -0.2) is 23.3 Å². The van der Waals surface area contributed by atoms with E-state index >= 15 is 0 Å². The molecule has 0 fully saturated rings. The highest BCUT2D eigenvalue weighted by Crippen LogP contribution is 2.30. The first-order valence-corrected chi connectivity index (χ1v) is 5.09. The number of allylic oxidation sites excluding steroid dienone is 1. The van der Waals surface area contributed by atoms with Gasteiger partial charge in [0, 0.05) is 0 Å². The largest absolute Gasteiger partial charge is 0.466 e. The monoisotopic (exact) mass is 198 g/mol. The number of hydrogen-bond donors (Lipinski definition) is 1. The second kappa shape index (κ2) is 4.60. The van der Waals surface area contributed by atoms with E-state index in [-0.39, 0.29) is 12.4 Å². The van der Waals surface area contributed by atoms with E-state index in [0.29, 0.717) is 19.4 Å². The minimum absolute atomic E-state index is 0.116. The average Bonchev–Trinajstić information content (AvgIpc) is 2.11. The van der Waals surface area contributed by atoms with Gasteiger partial charge in [0.05, 0.1) is 18.6 Å². The molecule has 0 bridgehead atoms. The summed E-state index contributed by atoms with van der Waals surface area (Å²) >= 11 is 0. The van der Waals surface area contributed by atoms with Gasteiger partial charge >= 0.3 is 5.97 Å². The van der Waals surface area contributed by atoms with Gasteiger partial charge in [-0.25, -0.2) is 0 Å². The van der Waals surface area contributed by atoms with Crippen LogP contribution >= 0.6 is 0 Å². The van der Waals surface area contributed by atoms with Gasteiger partial charge in [-0.3, -0.25) is 4.79 Å². The Morgan fingerprint density at radius 2 is 2.43 bits per heavy atom. The third kappa shape index (κ3) is 3.14. The van der Waals surface area contributed by atoms with Crippen LogP contribution in [0.15, 0.2) is 11.6 Å². The summed E-state index contributed by atoms with van der Waals surface area (Å²) in [6.07, 6.45) is 4.22. The molecule has 0 amide bonds. The van der Waals surface area contributed by atoms with E-state index in [4.69, 9.17) is 4.74 Å². The van der Waals surface area contributed by atoms with Crippen LogP contribution in [0.4, 0.5) is 0 Å². The molecule has 0 saturated heterocycles. The SMILES string of the molecule is CCOC(=O)CC1(O)CC=C(C)CC1. The highest BCUT2D eigenvalue weighted by molar-refractivity contribution is 5.70. The molecule has 0 aromatic rings. The van der Waals surface area contributed by atoms with Crippen molar-refractivity contribution >= 4 is 5.97 Å². The summed E-state index contributed by atoms with van der Waals surface area (Å²) in [5, 5.41) is 10.0. The Kier molecular flexibility index (Phi) is 3.69. The van der Waals surface area contributed by atoms with Crippen molar-refractivity contribution in [3.8, 4) is 0 Å². The number of aliphatic hydroxyl groups is 1. The fraction of sp³-hybridized carbons (Fsp3) is 0.727. The van der Waals surface area contributed by atoms with Gasteiger partial charge < -0.3 is 9.84 Å². The first kappa shape index (κ1) is 11.2. The third-order valence-electron chi connectivity index (χ3n) is 2.59. The zero-order valence-corrected chi connectivity index (χ0v) is 8.88. The number of hydrogen-bond acceptors (Lipinski definition) is 3. The van der Waals surface area contributed by atoms with Crippen molar-refractivity contribution in [2.45, 2.75) is 45.1 Å². The van der Waals surface area contributed by atoms with E-state index < -0.39 is 5.60 Å². The molecule has 0 radical (unpaired) electrons. The molecule has 80 valence electrons. The average molecular weight is 198 g/mol. The van der Waals surface area contributed by atoms with E-state index in [2.05, 4.69) is 0 Å². The molecule has 1 rings (SSSR count). The Balaban J connectivity index is 2.47. The van der Waals surface area contributed by atoms with Gasteiger partial charge in [-0.15, -0.1) is 0 Å².